The minimum atomic E-state index is -0.416. The molecule has 0 heterocycles. The highest BCUT2D eigenvalue weighted by Gasteiger charge is 2.27. The summed E-state index contributed by atoms with van der Waals surface area (Å²) in [4.78, 5) is 0. The van der Waals surface area contributed by atoms with E-state index in [2.05, 4.69) is 0 Å². The zero-order valence-corrected chi connectivity index (χ0v) is 9.62. The van der Waals surface area contributed by atoms with Gasteiger partial charge in [-0.25, -0.2) is 0 Å². The van der Waals surface area contributed by atoms with Crippen LogP contribution in [0.1, 0.15) is 25.5 Å². The van der Waals surface area contributed by atoms with E-state index in [-0.39, 0.29) is 23.4 Å². The van der Waals surface area contributed by atoms with Gasteiger partial charge in [0.1, 0.15) is 5.75 Å². The molecule has 1 aromatic carbocycles. The molecule has 0 radical (unpaired) electrons. The van der Waals surface area contributed by atoms with E-state index < -0.39 is 5.41 Å². The average Bonchev–Trinajstić information content (AvgIpc) is 2.21. The van der Waals surface area contributed by atoms with Crippen LogP contribution in [0, 0.1) is 5.41 Å². The van der Waals surface area contributed by atoms with Gasteiger partial charge >= 0.3 is 0 Å². The van der Waals surface area contributed by atoms with E-state index in [0.29, 0.717) is 0 Å². The fourth-order valence-corrected chi connectivity index (χ4v) is 1.46. The first-order valence-corrected chi connectivity index (χ1v) is 5.11. The first-order valence-electron chi connectivity index (χ1n) is 4.73. The molecule has 4 heteroatoms. The number of rotatable bonds is 3. The van der Waals surface area contributed by atoms with Crippen molar-refractivity contribution in [3.05, 3.63) is 28.8 Å². The Hall–Kier alpha value is -0.770. The van der Waals surface area contributed by atoms with Gasteiger partial charge in [-0.3, -0.25) is 0 Å². The summed E-state index contributed by atoms with van der Waals surface area (Å²) >= 11 is 5.78. The number of aromatic hydroxyl groups is 1. The number of benzene rings is 1. The van der Waals surface area contributed by atoms with E-state index >= 15 is 0 Å². The molecule has 0 saturated carbocycles. The number of hydrogen-bond acceptors (Lipinski definition) is 3. The number of aliphatic hydroxyl groups excluding tert-OH is 1. The van der Waals surface area contributed by atoms with Gasteiger partial charge in [0.25, 0.3) is 0 Å². The van der Waals surface area contributed by atoms with Crippen LogP contribution in [0.15, 0.2) is 18.2 Å². The fraction of sp³-hybridized carbons (Fsp3) is 0.455. The summed E-state index contributed by atoms with van der Waals surface area (Å²) in [7, 11) is 0. The van der Waals surface area contributed by atoms with Gasteiger partial charge < -0.3 is 15.9 Å². The van der Waals surface area contributed by atoms with Crippen LogP contribution in [0.4, 0.5) is 0 Å². The Balaban J connectivity index is 3.02. The minimum Gasteiger partial charge on any atom is -0.506 e. The van der Waals surface area contributed by atoms with Crippen molar-refractivity contribution in [2.24, 2.45) is 11.1 Å². The highest BCUT2D eigenvalue weighted by molar-refractivity contribution is 6.32. The van der Waals surface area contributed by atoms with E-state index in [1.54, 1.807) is 12.1 Å². The number of nitrogens with two attached hydrogens (primary N) is 1. The molecule has 0 aliphatic carbocycles. The Labute approximate surface area is 94.5 Å². The van der Waals surface area contributed by atoms with Gasteiger partial charge in [0.2, 0.25) is 0 Å². The molecule has 1 aromatic rings. The maximum atomic E-state index is 9.26. The summed E-state index contributed by atoms with van der Waals surface area (Å²) in [5.74, 6) is 0.0365. The monoisotopic (exact) mass is 229 g/mol. The smallest absolute Gasteiger partial charge is 0.134 e. The van der Waals surface area contributed by atoms with Gasteiger partial charge in [0.05, 0.1) is 5.02 Å². The molecule has 0 fully saturated rings. The normalized spacial score (nSPS) is 13.9. The standard InChI is InChI=1S/C11H16ClNO2/c1-11(2,6-14)10(13)7-3-4-9(15)8(12)5-7/h3-5,10,14-15H,6,13H2,1-2H3/t10-/m1/s1. The largest absolute Gasteiger partial charge is 0.506 e. The van der Waals surface area contributed by atoms with Crippen LogP contribution >= 0.6 is 11.6 Å². The van der Waals surface area contributed by atoms with Crippen LogP contribution in [-0.2, 0) is 0 Å². The lowest BCUT2D eigenvalue weighted by molar-refractivity contribution is 0.132. The molecule has 0 aliphatic rings. The van der Waals surface area contributed by atoms with Crippen LogP contribution in [0.25, 0.3) is 0 Å². The Kier molecular flexibility index (Phi) is 3.60. The molecular formula is C11H16ClNO2. The van der Waals surface area contributed by atoms with E-state index in [4.69, 9.17) is 17.3 Å². The van der Waals surface area contributed by atoms with Crippen LogP contribution in [0.5, 0.6) is 5.75 Å². The highest BCUT2D eigenvalue weighted by atomic mass is 35.5. The van der Waals surface area contributed by atoms with Gasteiger partial charge in [0.15, 0.2) is 0 Å². The third-order valence-electron chi connectivity index (χ3n) is 2.58. The molecule has 0 saturated heterocycles. The lowest BCUT2D eigenvalue weighted by Crippen LogP contribution is -2.32. The van der Waals surface area contributed by atoms with Crippen LogP contribution in [0.3, 0.4) is 0 Å². The lowest BCUT2D eigenvalue weighted by atomic mass is 9.82. The first kappa shape index (κ1) is 12.3. The molecule has 3 nitrogen and oxygen atoms in total. The van der Waals surface area contributed by atoms with Gasteiger partial charge in [-0.2, -0.15) is 0 Å². The fourth-order valence-electron chi connectivity index (χ4n) is 1.27. The molecule has 1 rings (SSSR count). The number of hydrogen-bond donors (Lipinski definition) is 3. The highest BCUT2D eigenvalue weighted by Crippen LogP contribution is 2.34. The van der Waals surface area contributed by atoms with Crippen molar-refractivity contribution in [2.75, 3.05) is 6.61 Å². The molecule has 0 aliphatic heterocycles. The van der Waals surface area contributed by atoms with E-state index in [0.717, 1.165) is 5.56 Å². The Morgan fingerprint density at radius 3 is 2.53 bits per heavy atom. The number of phenols is 1. The maximum Gasteiger partial charge on any atom is 0.134 e. The molecule has 15 heavy (non-hydrogen) atoms. The predicted molar refractivity (Wildman–Crippen MR) is 60.9 cm³/mol. The quantitative estimate of drug-likeness (QED) is 0.743. The maximum absolute atomic E-state index is 9.26. The molecule has 1 atom stereocenters. The van der Waals surface area contributed by atoms with Crippen LogP contribution in [0.2, 0.25) is 5.02 Å². The number of phenolic OH excluding ortho intramolecular Hbond substituents is 1. The molecule has 84 valence electrons. The second-order valence-electron chi connectivity index (χ2n) is 4.34. The van der Waals surface area contributed by atoms with Crippen LogP contribution < -0.4 is 5.73 Å². The molecular weight excluding hydrogens is 214 g/mol. The Morgan fingerprint density at radius 1 is 1.47 bits per heavy atom. The summed E-state index contributed by atoms with van der Waals surface area (Å²) in [5, 5.41) is 18.7. The summed E-state index contributed by atoms with van der Waals surface area (Å²) in [5.41, 5.74) is 6.39. The Bertz CT molecular complexity index is 352. The molecule has 0 aromatic heterocycles. The van der Waals surface area contributed by atoms with Crippen molar-refractivity contribution in [3.8, 4) is 5.75 Å². The molecule has 4 N–H and O–H groups in total. The zero-order valence-electron chi connectivity index (χ0n) is 8.87. The van der Waals surface area contributed by atoms with E-state index in [1.165, 1.54) is 6.07 Å². The zero-order chi connectivity index (χ0) is 11.6. The minimum absolute atomic E-state index is 0.00728. The summed E-state index contributed by atoms with van der Waals surface area (Å²) in [6, 6.07) is 4.52. The first-order chi connectivity index (χ1) is 6.88. The van der Waals surface area contributed by atoms with Gasteiger partial charge in [-0.05, 0) is 17.7 Å². The second kappa shape index (κ2) is 4.39. The van der Waals surface area contributed by atoms with Crippen molar-refractivity contribution in [1.82, 2.24) is 0 Å². The summed E-state index contributed by atoms with van der Waals surface area (Å²) in [6.45, 7) is 3.74. The van der Waals surface area contributed by atoms with Crippen molar-refractivity contribution in [2.45, 2.75) is 19.9 Å². The average molecular weight is 230 g/mol. The molecule has 0 spiro atoms. The van der Waals surface area contributed by atoms with E-state index in [1.807, 2.05) is 13.8 Å². The Morgan fingerprint density at radius 2 is 2.07 bits per heavy atom. The van der Waals surface area contributed by atoms with E-state index in [9.17, 15) is 10.2 Å². The third-order valence-corrected chi connectivity index (χ3v) is 2.88. The van der Waals surface area contributed by atoms with Gasteiger partial charge in [-0.1, -0.05) is 31.5 Å². The molecule has 0 amide bonds. The van der Waals surface area contributed by atoms with Crippen molar-refractivity contribution >= 4 is 11.6 Å². The van der Waals surface area contributed by atoms with Crippen molar-refractivity contribution in [1.29, 1.82) is 0 Å². The predicted octanol–water partition coefficient (Wildman–Crippen LogP) is 2.06. The van der Waals surface area contributed by atoms with Crippen molar-refractivity contribution in [3.63, 3.8) is 0 Å². The van der Waals surface area contributed by atoms with Gasteiger partial charge in [0, 0.05) is 18.1 Å². The number of halogens is 1. The summed E-state index contributed by atoms with van der Waals surface area (Å²) < 4.78 is 0. The second-order valence-corrected chi connectivity index (χ2v) is 4.74. The topological polar surface area (TPSA) is 66.5 Å². The SMILES string of the molecule is CC(C)(CO)[C@H](N)c1ccc(O)c(Cl)c1. The van der Waals surface area contributed by atoms with Gasteiger partial charge in [-0.15, -0.1) is 0 Å². The molecule has 0 unspecified atom stereocenters. The van der Waals surface area contributed by atoms with Crippen molar-refractivity contribution < 1.29 is 10.2 Å². The number of aliphatic hydroxyl groups is 1. The van der Waals surface area contributed by atoms with Crippen LogP contribution in [-0.4, -0.2) is 16.8 Å². The third kappa shape index (κ3) is 2.62. The lowest BCUT2D eigenvalue weighted by Gasteiger charge is -2.29. The molecule has 0 bridgehead atoms. The summed E-state index contributed by atoms with van der Waals surface area (Å²) in [6.07, 6.45) is 0.